The van der Waals surface area contributed by atoms with E-state index in [0.717, 1.165) is 24.4 Å². The fourth-order valence-electron chi connectivity index (χ4n) is 4.12. The zero-order chi connectivity index (χ0) is 31.0. The van der Waals surface area contributed by atoms with Crippen LogP contribution >= 0.6 is 0 Å². The molecule has 0 saturated carbocycles. The molecule has 0 saturated heterocycles. The zero-order valence-corrected chi connectivity index (χ0v) is 22.0. The third-order valence-electron chi connectivity index (χ3n) is 5.83. The van der Waals surface area contributed by atoms with Crippen LogP contribution < -0.4 is 4.84 Å². The van der Waals surface area contributed by atoms with Crippen LogP contribution in [0.25, 0.3) is 0 Å². The predicted octanol–water partition coefficient (Wildman–Crippen LogP) is 3.98. The van der Waals surface area contributed by atoms with Gasteiger partial charge in [0.1, 0.15) is 12.6 Å². The van der Waals surface area contributed by atoms with Gasteiger partial charge in [0.2, 0.25) is 5.75 Å². The number of rotatable bonds is 12. The Labute approximate surface area is 235 Å². The third-order valence-corrected chi connectivity index (χ3v) is 5.83. The number of halogens is 1. The van der Waals surface area contributed by atoms with Gasteiger partial charge in [0.15, 0.2) is 0 Å². The number of hydrogen-bond acceptors (Lipinski definition) is 13. The minimum Gasteiger partial charge on any atom is -0.465 e. The molecule has 1 heterocycles. The molecule has 0 N–H and O–H groups in total. The molecule has 2 unspecified atom stereocenters. The smallest absolute Gasteiger partial charge is 0.336 e. The molecule has 0 fully saturated rings. The van der Waals surface area contributed by atoms with E-state index < -0.39 is 68.1 Å². The first kappa shape index (κ1) is 30.9. The van der Waals surface area contributed by atoms with Crippen LogP contribution in [0.5, 0.6) is 5.75 Å². The van der Waals surface area contributed by atoms with E-state index in [1.54, 1.807) is 0 Å². The molecule has 1 aliphatic heterocycles. The normalized spacial score (nSPS) is 16.5. The highest BCUT2D eigenvalue weighted by Crippen LogP contribution is 2.41. The van der Waals surface area contributed by atoms with Gasteiger partial charge >= 0.3 is 17.6 Å². The number of esters is 2. The molecule has 0 aromatic heterocycles. The first-order valence-electron chi connectivity index (χ1n) is 12.1. The maximum atomic E-state index is 14.3. The third kappa shape index (κ3) is 6.75. The molecule has 0 spiro atoms. The number of non-ortho nitro benzene ring substituents is 2. The molecule has 0 amide bonds. The van der Waals surface area contributed by atoms with E-state index in [0.29, 0.717) is 6.07 Å². The summed E-state index contributed by atoms with van der Waals surface area (Å²) >= 11 is 0. The van der Waals surface area contributed by atoms with Crippen LogP contribution in [-0.4, -0.2) is 58.5 Å². The molecule has 1 aliphatic rings. The van der Waals surface area contributed by atoms with E-state index in [4.69, 9.17) is 14.3 Å². The van der Waals surface area contributed by atoms with Gasteiger partial charge in [0, 0.05) is 24.1 Å². The second-order valence-corrected chi connectivity index (χ2v) is 8.31. The molecule has 17 heteroatoms. The molecule has 2 atom stereocenters. The summed E-state index contributed by atoms with van der Waals surface area (Å²) in [4.78, 5) is 66.8. The maximum Gasteiger partial charge on any atom is 0.336 e. The minimum atomic E-state index is -1.52. The van der Waals surface area contributed by atoms with Crippen molar-refractivity contribution in [2.75, 3.05) is 19.9 Å². The lowest BCUT2D eigenvalue weighted by molar-refractivity contribution is -0.394. The summed E-state index contributed by atoms with van der Waals surface area (Å²) in [7, 11) is 0. The lowest BCUT2D eigenvalue weighted by Crippen LogP contribution is -2.39. The van der Waals surface area contributed by atoms with Gasteiger partial charge < -0.3 is 14.3 Å². The maximum absolute atomic E-state index is 14.3. The Bertz CT molecular complexity index is 1520. The highest BCUT2D eigenvalue weighted by Gasteiger charge is 2.44. The van der Waals surface area contributed by atoms with E-state index in [-0.39, 0.29) is 35.7 Å². The van der Waals surface area contributed by atoms with Crippen molar-refractivity contribution in [3.8, 4) is 5.75 Å². The van der Waals surface area contributed by atoms with Crippen LogP contribution in [0.2, 0.25) is 0 Å². The minimum absolute atomic E-state index is 0.0592. The van der Waals surface area contributed by atoms with E-state index in [1.807, 2.05) is 0 Å². The number of nitro benzene ring substituents is 3. The number of alkyl halides is 1. The summed E-state index contributed by atoms with van der Waals surface area (Å²) in [5, 5.41) is 37.5. The second kappa shape index (κ2) is 13.6. The Hall–Kier alpha value is -5.61. The Kier molecular flexibility index (Phi) is 10.0. The summed E-state index contributed by atoms with van der Waals surface area (Å²) in [6.45, 7) is 1.46. The number of aliphatic imine (C=N–C) groups is 1. The molecular weight excluding hydrogens is 565 g/mol. The van der Waals surface area contributed by atoms with Crippen LogP contribution in [0.15, 0.2) is 63.9 Å². The number of allylic oxidation sites excluding steroid dienone is 1. The van der Waals surface area contributed by atoms with Gasteiger partial charge in [-0.1, -0.05) is 17.3 Å². The molecule has 0 bridgehead atoms. The van der Waals surface area contributed by atoms with Crippen molar-refractivity contribution >= 4 is 40.9 Å². The average molecular weight is 587 g/mol. The predicted molar refractivity (Wildman–Crippen MR) is 142 cm³/mol. The Balaban J connectivity index is 2.21. The van der Waals surface area contributed by atoms with Crippen LogP contribution in [0.1, 0.15) is 25.3 Å². The van der Waals surface area contributed by atoms with E-state index in [9.17, 15) is 44.3 Å². The summed E-state index contributed by atoms with van der Waals surface area (Å²) in [6, 6.07) is 7.48. The highest BCUT2D eigenvalue weighted by atomic mass is 19.1. The first-order valence-corrected chi connectivity index (χ1v) is 12.1. The fourth-order valence-corrected chi connectivity index (χ4v) is 4.12. The molecule has 2 aromatic carbocycles. The number of carbonyl (C=O) groups is 2. The molecule has 0 radical (unpaired) electrons. The number of carbonyl (C=O) groups excluding carboxylic acids is 2. The Morgan fingerprint density at radius 3 is 2.24 bits per heavy atom. The average Bonchev–Trinajstić information content (AvgIpc) is 2.96. The van der Waals surface area contributed by atoms with E-state index in [2.05, 4.69) is 10.1 Å². The molecule has 16 nitrogen and oxygen atoms in total. The Morgan fingerprint density at radius 2 is 1.64 bits per heavy atom. The number of ether oxygens (including phenoxy) is 2. The van der Waals surface area contributed by atoms with Crippen molar-refractivity contribution in [2.24, 2.45) is 16.1 Å². The number of benzene rings is 2. The topological polar surface area (TPSA) is 216 Å². The quantitative estimate of drug-likeness (QED) is 0.150. The number of hydrogen-bond donors (Lipinski definition) is 0. The van der Waals surface area contributed by atoms with Gasteiger partial charge in [0.05, 0.1) is 57.2 Å². The summed E-state index contributed by atoms with van der Waals surface area (Å²) in [5.41, 5.74) is -2.83. The largest absolute Gasteiger partial charge is 0.465 e. The zero-order valence-electron chi connectivity index (χ0n) is 22.0. The van der Waals surface area contributed by atoms with Crippen LogP contribution in [0, 0.1) is 36.3 Å². The lowest BCUT2D eigenvalue weighted by atomic mass is 9.75. The molecular formula is C25H22FN5O11. The van der Waals surface area contributed by atoms with Crippen molar-refractivity contribution in [2.45, 2.75) is 19.8 Å². The van der Waals surface area contributed by atoms with E-state index in [1.165, 1.54) is 32.0 Å². The molecule has 2 aromatic rings. The summed E-state index contributed by atoms with van der Waals surface area (Å²) in [5.74, 6) is -5.40. The number of oxime groups is 1. The van der Waals surface area contributed by atoms with Crippen molar-refractivity contribution < 1.29 is 43.1 Å². The second-order valence-electron chi connectivity index (χ2n) is 8.31. The van der Waals surface area contributed by atoms with Gasteiger partial charge in [-0.05, 0) is 25.5 Å². The van der Waals surface area contributed by atoms with Gasteiger partial charge in [-0.3, -0.25) is 40.1 Å². The SMILES string of the molecule is CCOC(=O)C1=C(C=NOc2ccc([N+](=O)[O-])cc2[N+](=O)[O-])N=C(CF)C(C(=O)OCC)C1c1cccc([N+](=O)[O-])c1. The van der Waals surface area contributed by atoms with Gasteiger partial charge in [-0.2, -0.15) is 0 Å². The van der Waals surface area contributed by atoms with Crippen LogP contribution in [0.4, 0.5) is 21.5 Å². The fraction of sp³-hybridized carbons (Fsp3) is 0.280. The molecule has 3 rings (SSSR count). The van der Waals surface area contributed by atoms with Crippen LogP contribution in [0.3, 0.4) is 0 Å². The van der Waals surface area contributed by atoms with Gasteiger partial charge in [-0.25, -0.2) is 9.18 Å². The number of nitro groups is 3. The van der Waals surface area contributed by atoms with Crippen molar-refractivity contribution in [3.63, 3.8) is 0 Å². The van der Waals surface area contributed by atoms with Crippen molar-refractivity contribution in [3.05, 3.63) is 89.6 Å². The molecule has 220 valence electrons. The molecule has 0 aliphatic carbocycles. The highest BCUT2D eigenvalue weighted by molar-refractivity contribution is 6.11. The first-order chi connectivity index (χ1) is 20.0. The molecule has 42 heavy (non-hydrogen) atoms. The lowest BCUT2D eigenvalue weighted by Gasteiger charge is -2.31. The van der Waals surface area contributed by atoms with Crippen molar-refractivity contribution in [1.29, 1.82) is 0 Å². The van der Waals surface area contributed by atoms with Crippen molar-refractivity contribution in [1.82, 2.24) is 0 Å². The summed E-state index contributed by atoms with van der Waals surface area (Å²) in [6.07, 6.45) is 0.804. The van der Waals surface area contributed by atoms with Gasteiger partial charge in [0.25, 0.3) is 11.4 Å². The van der Waals surface area contributed by atoms with Gasteiger partial charge in [-0.15, -0.1) is 0 Å². The van der Waals surface area contributed by atoms with Crippen LogP contribution in [-0.2, 0) is 19.1 Å². The summed E-state index contributed by atoms with van der Waals surface area (Å²) < 4.78 is 24.6. The Morgan fingerprint density at radius 1 is 0.976 bits per heavy atom. The van der Waals surface area contributed by atoms with E-state index >= 15 is 0 Å². The number of nitrogens with zero attached hydrogens (tertiary/aromatic N) is 5. The monoisotopic (exact) mass is 587 g/mol. The standard InChI is InChI=1S/C25H22FN5O11/c1-3-40-24(32)22-17(12-26)28-18(13-27-42-20-9-8-16(30(36)37)11-19(20)31(38)39)23(25(33)41-4-2)21(22)14-6-5-7-15(10-14)29(34)35/h5-11,13,21-22H,3-4,12H2,1-2H3.